The summed E-state index contributed by atoms with van der Waals surface area (Å²) in [5.74, 6) is 0. The van der Waals surface area contributed by atoms with Gasteiger partial charge in [0.25, 0.3) is 0 Å². The maximum atomic E-state index is 12.7. The molecule has 1 aromatic rings. The Morgan fingerprint density at radius 2 is 1.87 bits per heavy atom. The number of amides is 2. The van der Waals surface area contributed by atoms with Crippen LogP contribution in [0.4, 0.5) is 4.79 Å². The molecule has 2 amide bonds. The Hall–Kier alpha value is -1.55. The van der Waals surface area contributed by atoms with Crippen LogP contribution in [0.2, 0.25) is 0 Å². The Balaban J connectivity index is 1.71. The highest BCUT2D eigenvalue weighted by Gasteiger charge is 2.38. The fourth-order valence-electron chi connectivity index (χ4n) is 3.95. The van der Waals surface area contributed by atoms with E-state index in [0.717, 1.165) is 45.4 Å². The zero-order valence-electron chi connectivity index (χ0n) is 14.3. The first-order valence-corrected chi connectivity index (χ1v) is 8.72. The maximum Gasteiger partial charge on any atom is 0.317 e. The molecule has 1 N–H and O–H groups in total. The lowest BCUT2D eigenvalue weighted by Gasteiger charge is -2.39. The Labute approximate surface area is 139 Å². The van der Waals surface area contributed by atoms with Gasteiger partial charge in [0.1, 0.15) is 0 Å². The van der Waals surface area contributed by atoms with Crippen molar-refractivity contribution in [2.45, 2.75) is 50.5 Å². The first-order chi connectivity index (χ1) is 11.0. The zero-order valence-corrected chi connectivity index (χ0v) is 14.3. The molecular formula is C19H28N2O2. The third-order valence-electron chi connectivity index (χ3n) is 5.56. The summed E-state index contributed by atoms with van der Waals surface area (Å²) in [6.07, 6.45) is 4.09. The van der Waals surface area contributed by atoms with Gasteiger partial charge in [-0.1, -0.05) is 30.3 Å². The predicted octanol–water partition coefficient (Wildman–Crippen LogP) is 3.32. The molecule has 1 aromatic carbocycles. The number of hydrogen-bond acceptors (Lipinski definition) is 2. The fraction of sp³-hybridized carbons (Fsp3) is 0.632. The summed E-state index contributed by atoms with van der Waals surface area (Å²) in [7, 11) is 0. The molecule has 23 heavy (non-hydrogen) atoms. The number of benzene rings is 1. The normalized spacial score (nSPS) is 22.8. The van der Waals surface area contributed by atoms with Crippen molar-refractivity contribution >= 4 is 6.03 Å². The van der Waals surface area contributed by atoms with Crippen molar-refractivity contribution in [3.63, 3.8) is 0 Å². The van der Waals surface area contributed by atoms with Gasteiger partial charge in [0.15, 0.2) is 0 Å². The third kappa shape index (κ3) is 3.37. The van der Waals surface area contributed by atoms with Crippen LogP contribution in [-0.4, -0.2) is 42.8 Å². The zero-order chi connectivity index (χ0) is 16.3. The first-order valence-electron chi connectivity index (χ1n) is 8.72. The number of rotatable bonds is 3. The monoisotopic (exact) mass is 316 g/mol. The molecule has 0 spiro atoms. The fourth-order valence-corrected chi connectivity index (χ4v) is 3.95. The Morgan fingerprint density at radius 3 is 2.48 bits per heavy atom. The van der Waals surface area contributed by atoms with Gasteiger partial charge in [-0.2, -0.15) is 0 Å². The van der Waals surface area contributed by atoms with Gasteiger partial charge in [0, 0.05) is 37.3 Å². The van der Waals surface area contributed by atoms with Crippen LogP contribution in [0.15, 0.2) is 30.3 Å². The predicted molar refractivity (Wildman–Crippen MR) is 91.6 cm³/mol. The van der Waals surface area contributed by atoms with E-state index < -0.39 is 0 Å². The molecule has 4 heteroatoms. The molecule has 2 saturated heterocycles. The molecule has 2 fully saturated rings. The van der Waals surface area contributed by atoms with Gasteiger partial charge in [0.2, 0.25) is 0 Å². The molecule has 0 aliphatic carbocycles. The van der Waals surface area contributed by atoms with Gasteiger partial charge in [-0.15, -0.1) is 0 Å². The van der Waals surface area contributed by atoms with E-state index in [1.165, 1.54) is 5.56 Å². The van der Waals surface area contributed by atoms with Crippen molar-refractivity contribution < 1.29 is 9.53 Å². The molecule has 126 valence electrons. The molecule has 2 aliphatic heterocycles. The molecule has 0 saturated carbocycles. The van der Waals surface area contributed by atoms with Gasteiger partial charge in [-0.05, 0) is 45.1 Å². The summed E-state index contributed by atoms with van der Waals surface area (Å²) in [4.78, 5) is 14.7. The number of ether oxygens (including phenoxy) is 1. The van der Waals surface area contributed by atoms with E-state index in [0.29, 0.717) is 6.54 Å². The van der Waals surface area contributed by atoms with Crippen molar-refractivity contribution in [1.82, 2.24) is 10.2 Å². The number of nitrogens with zero attached hydrogens (tertiary/aromatic N) is 1. The summed E-state index contributed by atoms with van der Waals surface area (Å²) in [6, 6.07) is 10.6. The Kier molecular flexibility index (Phi) is 4.62. The van der Waals surface area contributed by atoms with E-state index in [2.05, 4.69) is 43.4 Å². The smallest absolute Gasteiger partial charge is 0.317 e. The largest absolute Gasteiger partial charge is 0.381 e. The molecule has 0 aromatic heterocycles. The van der Waals surface area contributed by atoms with E-state index in [1.54, 1.807) is 0 Å². The van der Waals surface area contributed by atoms with Crippen molar-refractivity contribution in [1.29, 1.82) is 0 Å². The van der Waals surface area contributed by atoms with E-state index >= 15 is 0 Å². The molecule has 0 bridgehead atoms. The second-order valence-electron chi connectivity index (χ2n) is 7.49. The second kappa shape index (κ2) is 6.52. The number of hydrogen-bond donors (Lipinski definition) is 1. The number of nitrogens with one attached hydrogen (secondary N) is 1. The molecule has 0 atom stereocenters. The second-order valence-corrected chi connectivity index (χ2v) is 7.49. The van der Waals surface area contributed by atoms with Crippen molar-refractivity contribution in [3.8, 4) is 0 Å². The maximum absolute atomic E-state index is 12.7. The lowest BCUT2D eigenvalue weighted by Crippen LogP contribution is -2.52. The van der Waals surface area contributed by atoms with Crippen LogP contribution in [0, 0.1) is 0 Å². The third-order valence-corrected chi connectivity index (χ3v) is 5.56. The van der Waals surface area contributed by atoms with Crippen LogP contribution in [0.25, 0.3) is 0 Å². The molecule has 4 nitrogen and oxygen atoms in total. The van der Waals surface area contributed by atoms with Crippen LogP contribution in [0.5, 0.6) is 0 Å². The molecule has 0 unspecified atom stereocenters. The molecule has 3 rings (SSSR count). The van der Waals surface area contributed by atoms with Crippen molar-refractivity contribution in [2.75, 3.05) is 26.3 Å². The Bertz CT molecular complexity index is 536. The minimum Gasteiger partial charge on any atom is -0.381 e. The first kappa shape index (κ1) is 16.3. The van der Waals surface area contributed by atoms with Gasteiger partial charge in [-0.3, -0.25) is 0 Å². The highest BCUT2D eigenvalue weighted by atomic mass is 16.5. The SMILES string of the molecule is CC1(C)CCCN1C(=O)NCC1(c2ccccc2)CCOCC1. The van der Waals surface area contributed by atoms with Gasteiger partial charge >= 0.3 is 6.03 Å². The average molecular weight is 316 g/mol. The van der Waals surface area contributed by atoms with Crippen LogP contribution >= 0.6 is 0 Å². The summed E-state index contributed by atoms with van der Waals surface area (Å²) >= 11 is 0. The van der Waals surface area contributed by atoms with E-state index in [1.807, 2.05) is 11.0 Å². The highest BCUT2D eigenvalue weighted by Crippen LogP contribution is 2.34. The van der Waals surface area contributed by atoms with Crippen molar-refractivity contribution in [2.24, 2.45) is 0 Å². The number of carbonyl (C=O) groups is 1. The summed E-state index contributed by atoms with van der Waals surface area (Å²) in [5, 5.41) is 3.22. The van der Waals surface area contributed by atoms with Crippen molar-refractivity contribution in [3.05, 3.63) is 35.9 Å². The van der Waals surface area contributed by atoms with Crippen LogP contribution < -0.4 is 5.32 Å². The van der Waals surface area contributed by atoms with E-state index in [-0.39, 0.29) is 17.0 Å². The van der Waals surface area contributed by atoms with E-state index in [4.69, 9.17) is 4.74 Å². The highest BCUT2D eigenvalue weighted by molar-refractivity contribution is 5.75. The topological polar surface area (TPSA) is 41.6 Å². The summed E-state index contributed by atoms with van der Waals surface area (Å²) < 4.78 is 5.56. The van der Waals surface area contributed by atoms with Gasteiger partial charge in [-0.25, -0.2) is 4.79 Å². The number of likely N-dealkylation sites (tertiary alicyclic amines) is 1. The summed E-state index contributed by atoms with van der Waals surface area (Å²) in [6.45, 7) is 7.38. The van der Waals surface area contributed by atoms with Crippen LogP contribution in [-0.2, 0) is 10.2 Å². The van der Waals surface area contributed by atoms with Crippen LogP contribution in [0.1, 0.15) is 45.1 Å². The molecule has 2 aliphatic rings. The molecule has 2 heterocycles. The quantitative estimate of drug-likeness (QED) is 0.929. The average Bonchev–Trinajstić information content (AvgIpc) is 2.94. The Morgan fingerprint density at radius 1 is 1.17 bits per heavy atom. The minimum atomic E-state index is -0.0281. The molecule has 0 radical (unpaired) electrons. The standard InChI is InChI=1S/C19H28N2O2/c1-18(2)9-6-12-21(18)17(22)20-15-19(10-13-23-14-11-19)16-7-4-3-5-8-16/h3-5,7-8H,6,9-15H2,1-2H3,(H,20,22). The molecular weight excluding hydrogens is 288 g/mol. The van der Waals surface area contributed by atoms with Crippen LogP contribution in [0.3, 0.4) is 0 Å². The number of carbonyl (C=O) groups excluding carboxylic acids is 1. The number of urea groups is 1. The summed E-state index contributed by atoms with van der Waals surface area (Å²) in [5.41, 5.74) is 1.28. The minimum absolute atomic E-state index is 0.000955. The van der Waals surface area contributed by atoms with E-state index in [9.17, 15) is 4.79 Å². The van der Waals surface area contributed by atoms with Gasteiger partial charge in [0.05, 0.1) is 0 Å². The lowest BCUT2D eigenvalue weighted by atomic mass is 9.74. The van der Waals surface area contributed by atoms with Gasteiger partial charge < -0.3 is 15.0 Å². The lowest BCUT2D eigenvalue weighted by molar-refractivity contribution is 0.0497.